The molecule has 5 atom stereocenters. The Balaban J connectivity index is 1.49. The van der Waals surface area contributed by atoms with E-state index >= 15 is 0 Å². The van der Waals surface area contributed by atoms with Crippen molar-refractivity contribution in [3.8, 4) is 0 Å². The van der Waals surface area contributed by atoms with Gasteiger partial charge in [-0.15, -0.1) is 0 Å². The van der Waals surface area contributed by atoms with E-state index in [-0.39, 0.29) is 5.92 Å². The molecule has 3 aliphatic carbocycles. The third-order valence-electron chi connectivity index (χ3n) is 6.95. The van der Waals surface area contributed by atoms with Gasteiger partial charge in [-0.05, 0) is 55.8 Å². The molecule has 2 N–H and O–H groups in total. The maximum atomic E-state index is 12.8. The van der Waals surface area contributed by atoms with E-state index in [1.165, 1.54) is 32.1 Å². The fourth-order valence-corrected chi connectivity index (χ4v) is 5.87. The number of fused-ring (bicyclic) bond motifs is 3. The summed E-state index contributed by atoms with van der Waals surface area (Å²) in [4.78, 5) is 14.9. The van der Waals surface area contributed by atoms with Gasteiger partial charge in [-0.25, -0.2) is 0 Å². The largest absolute Gasteiger partial charge is 0.378 e. The van der Waals surface area contributed by atoms with E-state index in [0.29, 0.717) is 30.6 Å². The van der Waals surface area contributed by atoms with Gasteiger partial charge in [0.25, 0.3) is 0 Å². The van der Waals surface area contributed by atoms with E-state index in [1.807, 2.05) is 4.90 Å². The number of carbonyl (C=O) groups excluding carboxylic acids is 1. The van der Waals surface area contributed by atoms with Crippen molar-refractivity contribution in [2.45, 2.75) is 51.0 Å². The average Bonchev–Trinajstić information content (AvgIpc) is 3.11. The zero-order valence-corrected chi connectivity index (χ0v) is 12.9. The summed E-state index contributed by atoms with van der Waals surface area (Å²) in [6.45, 7) is 2.96. The summed E-state index contributed by atoms with van der Waals surface area (Å²) in [5.74, 6) is 2.15. The summed E-state index contributed by atoms with van der Waals surface area (Å²) in [6, 6.07) is 0.358. The predicted molar refractivity (Wildman–Crippen MR) is 80.6 cm³/mol. The van der Waals surface area contributed by atoms with Crippen molar-refractivity contribution in [1.82, 2.24) is 4.90 Å². The molecule has 0 radical (unpaired) electrons. The molecule has 4 rings (SSSR count). The fraction of sp³-hybridized carbons (Fsp3) is 0.941. The van der Waals surface area contributed by atoms with E-state index < -0.39 is 0 Å². The van der Waals surface area contributed by atoms with Gasteiger partial charge in [0.05, 0.1) is 13.2 Å². The first-order valence-electron chi connectivity index (χ1n) is 8.83. The monoisotopic (exact) mass is 292 g/mol. The number of ether oxygens (including phenoxy) is 1. The summed E-state index contributed by atoms with van der Waals surface area (Å²) < 4.78 is 5.37. The van der Waals surface area contributed by atoms with Crippen LogP contribution in [0.25, 0.3) is 0 Å². The van der Waals surface area contributed by atoms with Crippen molar-refractivity contribution >= 4 is 5.91 Å². The zero-order valence-electron chi connectivity index (χ0n) is 12.9. The van der Waals surface area contributed by atoms with E-state index in [1.54, 1.807) is 0 Å². The highest BCUT2D eigenvalue weighted by Crippen LogP contribution is 2.61. The molecule has 0 aromatic rings. The van der Waals surface area contributed by atoms with Crippen molar-refractivity contribution in [2.75, 3.05) is 26.3 Å². The number of morpholine rings is 1. The molecule has 2 bridgehead atoms. The van der Waals surface area contributed by atoms with E-state index in [2.05, 4.69) is 0 Å². The van der Waals surface area contributed by atoms with Gasteiger partial charge in [-0.2, -0.15) is 0 Å². The van der Waals surface area contributed by atoms with Gasteiger partial charge in [0.2, 0.25) is 5.91 Å². The molecule has 4 fully saturated rings. The zero-order chi connectivity index (χ0) is 14.4. The first-order valence-corrected chi connectivity index (χ1v) is 8.83. The molecule has 4 nitrogen and oxygen atoms in total. The van der Waals surface area contributed by atoms with Gasteiger partial charge < -0.3 is 15.4 Å². The predicted octanol–water partition coefficient (Wildman–Crippen LogP) is 1.78. The molecule has 0 aromatic carbocycles. The SMILES string of the molecule is N[C@H]1[C@@H]2CC[C@@H](C2)[C@]12CCC[C@H](C(=O)N1CCOCC1)C2. The molecule has 1 amide bonds. The van der Waals surface area contributed by atoms with E-state index in [4.69, 9.17) is 10.5 Å². The number of hydrogen-bond donors (Lipinski definition) is 1. The van der Waals surface area contributed by atoms with Gasteiger partial charge in [0.15, 0.2) is 0 Å². The molecular weight excluding hydrogens is 264 g/mol. The van der Waals surface area contributed by atoms with Crippen molar-refractivity contribution in [2.24, 2.45) is 28.9 Å². The van der Waals surface area contributed by atoms with Crippen molar-refractivity contribution in [3.05, 3.63) is 0 Å². The fourth-order valence-electron chi connectivity index (χ4n) is 5.87. The molecule has 1 aliphatic heterocycles. The van der Waals surface area contributed by atoms with Gasteiger partial charge in [-0.3, -0.25) is 4.79 Å². The van der Waals surface area contributed by atoms with Gasteiger partial charge in [0.1, 0.15) is 0 Å². The van der Waals surface area contributed by atoms with Crippen LogP contribution in [0.5, 0.6) is 0 Å². The minimum Gasteiger partial charge on any atom is -0.378 e. The Kier molecular flexibility index (Phi) is 3.49. The van der Waals surface area contributed by atoms with Crippen LogP contribution in [0.4, 0.5) is 0 Å². The van der Waals surface area contributed by atoms with E-state index in [0.717, 1.165) is 37.8 Å². The Labute approximate surface area is 127 Å². The minimum absolute atomic E-state index is 0.224. The van der Waals surface area contributed by atoms with Crippen LogP contribution in [-0.4, -0.2) is 43.2 Å². The van der Waals surface area contributed by atoms with Crippen LogP contribution in [0.2, 0.25) is 0 Å². The Morgan fingerprint density at radius 3 is 2.71 bits per heavy atom. The number of hydrogen-bond acceptors (Lipinski definition) is 3. The third kappa shape index (κ3) is 2.14. The van der Waals surface area contributed by atoms with Crippen molar-refractivity contribution in [1.29, 1.82) is 0 Å². The lowest BCUT2D eigenvalue weighted by atomic mass is 9.59. The number of nitrogens with two attached hydrogens (primary N) is 1. The molecule has 4 heteroatoms. The van der Waals surface area contributed by atoms with Crippen LogP contribution in [0.3, 0.4) is 0 Å². The van der Waals surface area contributed by atoms with Gasteiger partial charge >= 0.3 is 0 Å². The average molecular weight is 292 g/mol. The smallest absolute Gasteiger partial charge is 0.225 e. The highest BCUT2D eigenvalue weighted by Gasteiger charge is 2.58. The molecule has 1 heterocycles. The minimum atomic E-state index is 0.224. The number of carbonyl (C=O) groups is 1. The summed E-state index contributed by atoms with van der Waals surface area (Å²) in [5, 5.41) is 0. The summed E-state index contributed by atoms with van der Waals surface area (Å²) in [6.07, 6.45) is 8.61. The quantitative estimate of drug-likeness (QED) is 0.801. The molecule has 21 heavy (non-hydrogen) atoms. The number of nitrogens with zero attached hydrogens (tertiary/aromatic N) is 1. The summed E-state index contributed by atoms with van der Waals surface area (Å²) in [5.41, 5.74) is 6.92. The van der Waals surface area contributed by atoms with Crippen molar-refractivity contribution < 1.29 is 9.53 Å². The molecule has 4 aliphatic rings. The Bertz CT molecular complexity index is 417. The molecule has 1 spiro atoms. The second kappa shape index (κ2) is 5.24. The van der Waals surface area contributed by atoms with Crippen LogP contribution in [-0.2, 0) is 9.53 Å². The second-order valence-corrected chi connectivity index (χ2v) is 7.76. The first kappa shape index (κ1) is 14.0. The van der Waals surface area contributed by atoms with Gasteiger partial charge in [0, 0.05) is 25.0 Å². The lowest BCUT2D eigenvalue weighted by molar-refractivity contribution is -0.143. The lowest BCUT2D eigenvalue weighted by Gasteiger charge is -2.48. The molecule has 0 unspecified atom stereocenters. The summed E-state index contributed by atoms with van der Waals surface area (Å²) >= 11 is 0. The van der Waals surface area contributed by atoms with Crippen LogP contribution >= 0.6 is 0 Å². The van der Waals surface area contributed by atoms with Gasteiger partial charge in [-0.1, -0.05) is 6.42 Å². The Hall–Kier alpha value is -0.610. The van der Waals surface area contributed by atoms with Crippen LogP contribution in [0, 0.1) is 23.2 Å². The standard InChI is InChI=1S/C17H28N2O2/c18-15-12-3-4-14(10-12)17(15)5-1-2-13(11-17)16(20)19-6-8-21-9-7-19/h12-15H,1-11,18H2/t12-,13+,14+,15+,17-/m1/s1. The van der Waals surface area contributed by atoms with Crippen LogP contribution < -0.4 is 5.73 Å². The molecule has 1 saturated heterocycles. The Morgan fingerprint density at radius 1 is 1.19 bits per heavy atom. The topological polar surface area (TPSA) is 55.6 Å². The summed E-state index contributed by atoms with van der Waals surface area (Å²) in [7, 11) is 0. The number of amides is 1. The van der Waals surface area contributed by atoms with Crippen LogP contribution in [0.1, 0.15) is 44.9 Å². The maximum absolute atomic E-state index is 12.8. The maximum Gasteiger partial charge on any atom is 0.225 e. The number of rotatable bonds is 1. The normalized spacial score (nSPS) is 46.2. The molecule has 3 saturated carbocycles. The van der Waals surface area contributed by atoms with E-state index in [9.17, 15) is 4.79 Å². The highest BCUT2D eigenvalue weighted by atomic mass is 16.5. The van der Waals surface area contributed by atoms with Crippen LogP contribution in [0.15, 0.2) is 0 Å². The lowest BCUT2D eigenvalue weighted by Crippen LogP contribution is -2.52. The third-order valence-corrected chi connectivity index (χ3v) is 6.95. The Morgan fingerprint density at radius 2 is 2.00 bits per heavy atom. The molecular formula is C17H28N2O2. The first-order chi connectivity index (χ1) is 10.2. The molecule has 118 valence electrons. The molecule has 0 aromatic heterocycles. The highest BCUT2D eigenvalue weighted by molar-refractivity contribution is 5.79. The van der Waals surface area contributed by atoms with Crippen molar-refractivity contribution in [3.63, 3.8) is 0 Å². The second-order valence-electron chi connectivity index (χ2n) is 7.76.